The van der Waals surface area contributed by atoms with Gasteiger partial charge in [0.05, 0.1) is 17.4 Å². The molecule has 0 saturated carbocycles. The van der Waals surface area contributed by atoms with Crippen LogP contribution in [0.15, 0.2) is 30.5 Å². The highest BCUT2D eigenvalue weighted by Gasteiger charge is 2.16. The van der Waals surface area contributed by atoms with Gasteiger partial charge in [-0.3, -0.25) is 20.9 Å². The highest BCUT2D eigenvalue weighted by atomic mass is 15.3. The predicted octanol–water partition coefficient (Wildman–Crippen LogP) is 1.35. The number of hydrogen-bond donors (Lipinski definition) is 2. The molecule has 0 aliphatic heterocycles. The van der Waals surface area contributed by atoms with Crippen molar-refractivity contribution in [1.82, 2.24) is 20.2 Å². The number of nitrogens with one attached hydrogen (secondary N) is 1. The van der Waals surface area contributed by atoms with Crippen LogP contribution in [-0.4, -0.2) is 14.8 Å². The minimum atomic E-state index is 0.0288. The highest BCUT2D eigenvalue weighted by molar-refractivity contribution is 5.16. The Morgan fingerprint density at radius 3 is 2.89 bits per heavy atom. The minimum Gasteiger partial charge on any atom is -0.271 e. The van der Waals surface area contributed by atoms with E-state index in [0.717, 1.165) is 30.0 Å². The summed E-state index contributed by atoms with van der Waals surface area (Å²) in [4.78, 5) is 4.33. The van der Waals surface area contributed by atoms with Crippen molar-refractivity contribution in [2.45, 2.75) is 32.9 Å². The Labute approximate surface area is 107 Å². The van der Waals surface area contributed by atoms with Crippen molar-refractivity contribution in [3.63, 3.8) is 0 Å². The molecule has 0 bridgehead atoms. The normalized spacial score (nSPS) is 12.6. The van der Waals surface area contributed by atoms with E-state index in [1.807, 2.05) is 29.8 Å². The van der Waals surface area contributed by atoms with Crippen LogP contribution in [0.3, 0.4) is 0 Å². The first kappa shape index (κ1) is 12.7. The van der Waals surface area contributed by atoms with Gasteiger partial charge in [-0.05, 0) is 32.0 Å². The number of nitrogens with two attached hydrogens (primary N) is 1. The smallest absolute Gasteiger partial charge is 0.0684 e. The van der Waals surface area contributed by atoms with E-state index in [-0.39, 0.29) is 6.04 Å². The Bertz CT molecular complexity index is 491. The summed E-state index contributed by atoms with van der Waals surface area (Å²) in [6, 6.07) is 7.99. The van der Waals surface area contributed by atoms with Gasteiger partial charge >= 0.3 is 0 Å². The van der Waals surface area contributed by atoms with E-state index < -0.39 is 0 Å². The summed E-state index contributed by atoms with van der Waals surface area (Å²) in [6.07, 6.45) is 2.55. The maximum Gasteiger partial charge on any atom is 0.0684 e. The average Bonchev–Trinajstić information content (AvgIpc) is 2.78. The third kappa shape index (κ3) is 2.75. The van der Waals surface area contributed by atoms with Gasteiger partial charge in [0, 0.05) is 24.9 Å². The Balaban J connectivity index is 2.22. The van der Waals surface area contributed by atoms with Gasteiger partial charge in [-0.1, -0.05) is 6.07 Å². The van der Waals surface area contributed by atoms with Gasteiger partial charge in [0.15, 0.2) is 0 Å². The third-order valence-corrected chi connectivity index (χ3v) is 2.93. The lowest BCUT2D eigenvalue weighted by Gasteiger charge is -2.16. The second-order valence-electron chi connectivity index (χ2n) is 4.27. The summed E-state index contributed by atoms with van der Waals surface area (Å²) in [6.45, 7) is 4.90. The average molecular weight is 245 g/mol. The molecule has 2 aromatic heterocycles. The molecule has 0 fully saturated rings. The molecule has 5 nitrogen and oxygen atoms in total. The fourth-order valence-corrected chi connectivity index (χ4v) is 2.08. The number of aryl methyl sites for hydroxylation is 2. The topological polar surface area (TPSA) is 68.8 Å². The molecule has 1 unspecified atom stereocenters. The lowest BCUT2D eigenvalue weighted by atomic mass is 10.1. The van der Waals surface area contributed by atoms with E-state index in [1.54, 1.807) is 6.20 Å². The molecule has 18 heavy (non-hydrogen) atoms. The lowest BCUT2D eigenvalue weighted by molar-refractivity contribution is 0.486. The highest BCUT2D eigenvalue weighted by Crippen LogP contribution is 2.17. The largest absolute Gasteiger partial charge is 0.271 e. The van der Waals surface area contributed by atoms with Gasteiger partial charge in [0.2, 0.25) is 0 Å². The maximum atomic E-state index is 5.67. The van der Waals surface area contributed by atoms with E-state index in [9.17, 15) is 0 Å². The number of nitrogens with zero attached hydrogens (tertiary/aromatic N) is 3. The first-order chi connectivity index (χ1) is 8.74. The summed E-state index contributed by atoms with van der Waals surface area (Å²) in [7, 11) is 0. The molecular formula is C13H19N5. The lowest BCUT2D eigenvalue weighted by Crippen LogP contribution is -2.31. The van der Waals surface area contributed by atoms with E-state index in [2.05, 4.69) is 28.5 Å². The van der Waals surface area contributed by atoms with Gasteiger partial charge in [-0.15, -0.1) is 0 Å². The van der Waals surface area contributed by atoms with Crippen molar-refractivity contribution in [2.24, 2.45) is 5.84 Å². The zero-order valence-electron chi connectivity index (χ0n) is 10.8. The van der Waals surface area contributed by atoms with Crippen LogP contribution < -0.4 is 11.3 Å². The SMILES string of the molecule is CCn1nc(C)cc1C(Cc1ccccn1)NN. The van der Waals surface area contributed by atoms with Crippen LogP contribution in [0.2, 0.25) is 0 Å². The zero-order chi connectivity index (χ0) is 13.0. The molecule has 0 aromatic carbocycles. The molecule has 96 valence electrons. The zero-order valence-corrected chi connectivity index (χ0v) is 10.8. The van der Waals surface area contributed by atoms with Crippen LogP contribution >= 0.6 is 0 Å². The van der Waals surface area contributed by atoms with Gasteiger partial charge in [0.25, 0.3) is 0 Å². The maximum absolute atomic E-state index is 5.67. The summed E-state index contributed by atoms with van der Waals surface area (Å²) in [5.74, 6) is 5.67. The van der Waals surface area contributed by atoms with Crippen LogP contribution in [0, 0.1) is 6.92 Å². The first-order valence-corrected chi connectivity index (χ1v) is 6.15. The summed E-state index contributed by atoms with van der Waals surface area (Å²) in [5.41, 5.74) is 5.98. The van der Waals surface area contributed by atoms with E-state index in [4.69, 9.17) is 5.84 Å². The second kappa shape index (κ2) is 5.75. The molecule has 0 radical (unpaired) electrons. The second-order valence-corrected chi connectivity index (χ2v) is 4.27. The van der Waals surface area contributed by atoms with E-state index >= 15 is 0 Å². The number of hydrogen-bond acceptors (Lipinski definition) is 4. The number of hydrazine groups is 1. The van der Waals surface area contributed by atoms with Crippen molar-refractivity contribution in [2.75, 3.05) is 0 Å². The fraction of sp³-hybridized carbons (Fsp3) is 0.385. The minimum absolute atomic E-state index is 0.0288. The van der Waals surface area contributed by atoms with E-state index in [0.29, 0.717) is 0 Å². The Morgan fingerprint density at radius 2 is 2.28 bits per heavy atom. The third-order valence-electron chi connectivity index (χ3n) is 2.93. The summed E-state index contributed by atoms with van der Waals surface area (Å²) >= 11 is 0. The molecule has 0 saturated heterocycles. The molecule has 2 rings (SSSR count). The van der Waals surface area contributed by atoms with Gasteiger partial charge in [-0.2, -0.15) is 5.10 Å². The molecule has 2 aromatic rings. The van der Waals surface area contributed by atoms with Crippen molar-refractivity contribution < 1.29 is 0 Å². The molecule has 1 atom stereocenters. The van der Waals surface area contributed by atoms with Crippen LogP contribution in [0.4, 0.5) is 0 Å². The molecular weight excluding hydrogens is 226 g/mol. The molecule has 0 aliphatic carbocycles. The summed E-state index contributed by atoms with van der Waals surface area (Å²) < 4.78 is 1.98. The monoisotopic (exact) mass is 245 g/mol. The van der Waals surface area contributed by atoms with Crippen molar-refractivity contribution >= 4 is 0 Å². The van der Waals surface area contributed by atoms with Crippen molar-refractivity contribution in [3.05, 3.63) is 47.5 Å². The van der Waals surface area contributed by atoms with E-state index in [1.165, 1.54) is 0 Å². The van der Waals surface area contributed by atoms with Crippen molar-refractivity contribution in [3.8, 4) is 0 Å². The van der Waals surface area contributed by atoms with Crippen LogP contribution in [0.1, 0.15) is 30.0 Å². The summed E-state index contributed by atoms with van der Waals surface area (Å²) in [5, 5.41) is 4.44. The Kier molecular flexibility index (Phi) is 4.07. The number of aromatic nitrogens is 3. The molecule has 3 N–H and O–H groups in total. The predicted molar refractivity (Wildman–Crippen MR) is 70.6 cm³/mol. The van der Waals surface area contributed by atoms with Gasteiger partial charge in [0.1, 0.15) is 0 Å². The molecule has 5 heteroatoms. The van der Waals surface area contributed by atoms with Crippen LogP contribution in [0.25, 0.3) is 0 Å². The van der Waals surface area contributed by atoms with Crippen LogP contribution in [0.5, 0.6) is 0 Å². The van der Waals surface area contributed by atoms with Crippen molar-refractivity contribution in [1.29, 1.82) is 0 Å². The Morgan fingerprint density at radius 1 is 1.44 bits per heavy atom. The molecule has 2 heterocycles. The van der Waals surface area contributed by atoms with Gasteiger partial charge < -0.3 is 0 Å². The molecule has 0 spiro atoms. The first-order valence-electron chi connectivity index (χ1n) is 6.15. The molecule has 0 aliphatic rings. The molecule has 0 amide bonds. The van der Waals surface area contributed by atoms with Crippen LogP contribution in [-0.2, 0) is 13.0 Å². The quantitative estimate of drug-likeness (QED) is 0.616. The standard InChI is InChI=1S/C13H19N5/c1-3-18-13(8-10(2)17-18)12(16-14)9-11-6-4-5-7-15-11/h4-8,12,16H,3,9,14H2,1-2H3. The number of pyridine rings is 1. The Hall–Kier alpha value is -1.72. The fourth-order valence-electron chi connectivity index (χ4n) is 2.08. The van der Waals surface area contributed by atoms with Gasteiger partial charge in [-0.25, -0.2) is 0 Å². The number of rotatable bonds is 5.